The number of carbonyl (C=O) groups is 2. The van der Waals surface area contributed by atoms with Crippen LogP contribution < -0.4 is 9.64 Å². The zero-order valence-electron chi connectivity index (χ0n) is 17.6. The van der Waals surface area contributed by atoms with Gasteiger partial charge in [0.15, 0.2) is 11.6 Å². The number of amides is 1. The molecule has 5 nitrogen and oxygen atoms in total. The van der Waals surface area contributed by atoms with E-state index in [0.29, 0.717) is 29.9 Å². The molecule has 0 radical (unpaired) electrons. The van der Waals surface area contributed by atoms with Gasteiger partial charge in [0.25, 0.3) is 11.7 Å². The number of halogens is 2. The molecule has 7 heteroatoms. The highest BCUT2D eigenvalue weighted by molar-refractivity contribution is 6.51. The average Bonchev–Trinajstić information content (AvgIpc) is 3.37. The summed E-state index contributed by atoms with van der Waals surface area (Å²) in [4.78, 5) is 27.4. The van der Waals surface area contributed by atoms with E-state index < -0.39 is 29.4 Å². The summed E-state index contributed by atoms with van der Waals surface area (Å²) in [7, 11) is 0. The largest absolute Gasteiger partial charge is 0.507 e. The molecule has 0 saturated carbocycles. The van der Waals surface area contributed by atoms with Crippen LogP contribution in [0, 0.1) is 18.6 Å². The molecule has 1 atom stereocenters. The predicted molar refractivity (Wildman–Crippen MR) is 118 cm³/mol. The second-order valence-electron chi connectivity index (χ2n) is 8.10. The van der Waals surface area contributed by atoms with Gasteiger partial charge in [-0.2, -0.15) is 0 Å². The van der Waals surface area contributed by atoms with Crippen LogP contribution in [0.2, 0.25) is 0 Å². The number of aliphatic hydroxyl groups excluding tert-OH is 1. The van der Waals surface area contributed by atoms with E-state index in [4.69, 9.17) is 4.74 Å². The minimum atomic E-state index is -1.14. The summed E-state index contributed by atoms with van der Waals surface area (Å²) >= 11 is 0. The van der Waals surface area contributed by atoms with Gasteiger partial charge in [0.2, 0.25) is 0 Å². The molecule has 2 aliphatic rings. The standard InChI is InChI=1S/C26H19F2NO4/c1-14-3-2-4-16(11-14)23-22(24(30)17-5-8-21-15(12-17)9-10-33-21)25(31)26(32)29(23)18-6-7-19(27)20(28)13-18/h2-8,11-13,23,30H,9-10H2,1H3/b24-22-. The number of carbonyl (C=O) groups excluding carboxylic acids is 2. The monoisotopic (exact) mass is 447 g/mol. The Labute approximate surface area is 188 Å². The summed E-state index contributed by atoms with van der Waals surface area (Å²) in [5, 5.41) is 11.2. The molecule has 5 rings (SSSR count). The Morgan fingerprint density at radius 3 is 2.61 bits per heavy atom. The maximum Gasteiger partial charge on any atom is 0.300 e. The fourth-order valence-electron chi connectivity index (χ4n) is 4.38. The van der Waals surface area contributed by atoms with E-state index in [9.17, 15) is 23.5 Å². The Morgan fingerprint density at radius 1 is 1.03 bits per heavy atom. The van der Waals surface area contributed by atoms with E-state index in [2.05, 4.69) is 0 Å². The van der Waals surface area contributed by atoms with Crippen molar-refractivity contribution in [3.8, 4) is 5.75 Å². The first kappa shape index (κ1) is 20.9. The fourth-order valence-corrected chi connectivity index (χ4v) is 4.38. The maximum absolute atomic E-state index is 14.0. The number of Topliss-reactive ketones (excluding diaryl/α,β-unsaturated/α-hetero) is 1. The van der Waals surface area contributed by atoms with Crippen LogP contribution in [0.15, 0.2) is 66.2 Å². The zero-order valence-corrected chi connectivity index (χ0v) is 17.6. The van der Waals surface area contributed by atoms with Crippen LogP contribution in [0.3, 0.4) is 0 Å². The van der Waals surface area contributed by atoms with Crippen molar-refractivity contribution in [1.29, 1.82) is 0 Å². The first-order valence-electron chi connectivity index (χ1n) is 10.4. The maximum atomic E-state index is 14.0. The molecule has 1 N–H and O–H groups in total. The summed E-state index contributed by atoms with van der Waals surface area (Å²) in [6.45, 7) is 2.39. The fraction of sp³-hybridized carbons (Fsp3) is 0.154. The van der Waals surface area contributed by atoms with Gasteiger partial charge in [-0.3, -0.25) is 14.5 Å². The van der Waals surface area contributed by atoms with Crippen molar-refractivity contribution in [3.63, 3.8) is 0 Å². The molecule has 3 aromatic carbocycles. The van der Waals surface area contributed by atoms with Gasteiger partial charge in [-0.25, -0.2) is 8.78 Å². The summed E-state index contributed by atoms with van der Waals surface area (Å²) < 4.78 is 33.1. The van der Waals surface area contributed by atoms with Crippen molar-refractivity contribution in [1.82, 2.24) is 0 Å². The quantitative estimate of drug-likeness (QED) is 0.355. The van der Waals surface area contributed by atoms with E-state index in [1.165, 1.54) is 6.07 Å². The molecular formula is C26H19F2NO4. The Bertz CT molecular complexity index is 1350. The van der Waals surface area contributed by atoms with Crippen LogP contribution in [0.25, 0.3) is 5.76 Å². The van der Waals surface area contributed by atoms with Gasteiger partial charge in [0.1, 0.15) is 11.5 Å². The number of fused-ring (bicyclic) bond motifs is 1. The molecule has 166 valence electrons. The molecule has 1 amide bonds. The molecule has 1 saturated heterocycles. The predicted octanol–water partition coefficient (Wildman–Crippen LogP) is 4.83. The van der Waals surface area contributed by atoms with Crippen molar-refractivity contribution in [2.24, 2.45) is 0 Å². The van der Waals surface area contributed by atoms with Crippen molar-refractivity contribution < 1.29 is 28.2 Å². The number of anilines is 1. The lowest BCUT2D eigenvalue weighted by molar-refractivity contribution is -0.132. The normalized spacial score (nSPS) is 19.0. The number of aliphatic hydroxyl groups is 1. The van der Waals surface area contributed by atoms with Crippen molar-refractivity contribution in [2.75, 3.05) is 11.5 Å². The molecule has 0 spiro atoms. The average molecular weight is 447 g/mol. The third kappa shape index (κ3) is 3.46. The number of hydrogen-bond acceptors (Lipinski definition) is 4. The highest BCUT2D eigenvalue weighted by atomic mass is 19.2. The van der Waals surface area contributed by atoms with Crippen molar-refractivity contribution in [2.45, 2.75) is 19.4 Å². The lowest BCUT2D eigenvalue weighted by Gasteiger charge is -2.25. The number of rotatable bonds is 3. The first-order valence-corrected chi connectivity index (χ1v) is 10.4. The van der Waals surface area contributed by atoms with Crippen LogP contribution in [-0.4, -0.2) is 23.4 Å². The Hall–Kier alpha value is -4.00. The molecule has 3 aromatic rings. The van der Waals surface area contributed by atoms with Crippen molar-refractivity contribution >= 4 is 23.1 Å². The van der Waals surface area contributed by atoms with E-state index in [0.717, 1.165) is 28.2 Å². The zero-order chi connectivity index (χ0) is 23.3. The topological polar surface area (TPSA) is 66.8 Å². The molecule has 0 aliphatic carbocycles. The number of aryl methyl sites for hydroxylation is 1. The van der Waals surface area contributed by atoms with Gasteiger partial charge in [-0.1, -0.05) is 29.8 Å². The van der Waals surface area contributed by atoms with Gasteiger partial charge < -0.3 is 9.84 Å². The van der Waals surface area contributed by atoms with Gasteiger partial charge >= 0.3 is 0 Å². The summed E-state index contributed by atoms with van der Waals surface area (Å²) in [6.07, 6.45) is 0.668. The summed E-state index contributed by atoms with van der Waals surface area (Å²) in [5.74, 6) is -3.67. The molecular weight excluding hydrogens is 428 g/mol. The van der Waals surface area contributed by atoms with Gasteiger partial charge in [0, 0.05) is 23.7 Å². The summed E-state index contributed by atoms with van der Waals surface area (Å²) in [6, 6.07) is 14.2. The van der Waals surface area contributed by atoms with Gasteiger partial charge in [-0.15, -0.1) is 0 Å². The number of benzene rings is 3. The third-order valence-electron chi connectivity index (χ3n) is 5.95. The number of ketones is 1. The molecule has 0 bridgehead atoms. The third-order valence-corrected chi connectivity index (χ3v) is 5.95. The molecule has 2 aliphatic heterocycles. The first-order chi connectivity index (χ1) is 15.8. The number of ether oxygens (including phenoxy) is 1. The molecule has 1 fully saturated rings. The molecule has 1 unspecified atom stereocenters. The Kier molecular flexibility index (Phi) is 4.96. The second-order valence-corrected chi connectivity index (χ2v) is 8.10. The number of hydrogen-bond donors (Lipinski definition) is 1. The highest BCUT2D eigenvalue weighted by Crippen LogP contribution is 2.43. The molecule has 33 heavy (non-hydrogen) atoms. The second kappa shape index (κ2) is 7.85. The Balaban J connectivity index is 1.72. The molecule has 2 heterocycles. The number of nitrogens with zero attached hydrogens (tertiary/aromatic N) is 1. The van der Waals surface area contributed by atoms with E-state index >= 15 is 0 Å². The minimum Gasteiger partial charge on any atom is -0.507 e. The smallest absolute Gasteiger partial charge is 0.300 e. The van der Waals surface area contributed by atoms with Crippen molar-refractivity contribution in [3.05, 3.63) is 100 Å². The van der Waals surface area contributed by atoms with E-state index in [1.54, 1.807) is 36.4 Å². The van der Waals surface area contributed by atoms with Crippen LogP contribution in [0.4, 0.5) is 14.5 Å². The van der Waals surface area contributed by atoms with Crippen LogP contribution in [0.5, 0.6) is 5.75 Å². The van der Waals surface area contributed by atoms with E-state index in [-0.39, 0.29) is 17.0 Å². The lowest BCUT2D eigenvalue weighted by atomic mass is 9.93. The SMILES string of the molecule is Cc1cccc(C2/C(=C(/O)c3ccc4c(c3)CCO4)C(=O)C(=O)N2c2ccc(F)c(F)c2)c1. The molecule has 0 aromatic heterocycles. The van der Waals surface area contributed by atoms with Gasteiger partial charge in [0.05, 0.1) is 18.2 Å². The van der Waals surface area contributed by atoms with Crippen LogP contribution in [-0.2, 0) is 16.0 Å². The lowest BCUT2D eigenvalue weighted by Crippen LogP contribution is -2.29. The van der Waals surface area contributed by atoms with Crippen LogP contribution in [0.1, 0.15) is 28.3 Å². The minimum absolute atomic E-state index is 0.0175. The summed E-state index contributed by atoms with van der Waals surface area (Å²) in [5.41, 5.74) is 2.60. The Morgan fingerprint density at radius 2 is 1.85 bits per heavy atom. The van der Waals surface area contributed by atoms with Gasteiger partial charge in [-0.05, 0) is 48.4 Å². The van der Waals surface area contributed by atoms with Crippen LogP contribution >= 0.6 is 0 Å². The van der Waals surface area contributed by atoms with E-state index in [1.807, 2.05) is 13.0 Å². The highest BCUT2D eigenvalue weighted by Gasteiger charge is 2.47.